The molecule has 1 N–H and O–H groups in total. The molecular weight excluding hydrogens is 316 g/mol. The smallest absolute Gasteiger partial charge is 0.257 e. The molecule has 0 unspecified atom stereocenters. The van der Waals surface area contributed by atoms with Crippen molar-refractivity contribution in [2.45, 2.75) is 6.92 Å². The summed E-state index contributed by atoms with van der Waals surface area (Å²) >= 11 is 9.25. The maximum atomic E-state index is 12.0. The average Bonchev–Trinajstić information content (AvgIpc) is 2.34. The third kappa shape index (κ3) is 3.09. The highest BCUT2D eigenvalue weighted by Crippen LogP contribution is 2.25. The molecule has 0 aliphatic heterocycles. The lowest BCUT2D eigenvalue weighted by Gasteiger charge is -2.06. The minimum Gasteiger partial charge on any atom is -0.322 e. The highest BCUT2D eigenvalue weighted by atomic mass is 79.9. The number of benzene rings is 1. The normalized spacial score (nSPS) is 10.2. The SMILES string of the molecule is Cc1cncc(C(=O)Nc2ccc(Br)c(Cl)c2)c1. The van der Waals surface area contributed by atoms with Crippen molar-refractivity contribution in [1.29, 1.82) is 0 Å². The van der Waals surface area contributed by atoms with E-state index in [1.807, 2.05) is 6.92 Å². The third-order valence-electron chi connectivity index (χ3n) is 2.31. The first-order valence-electron chi connectivity index (χ1n) is 5.24. The Morgan fingerprint density at radius 3 is 2.78 bits per heavy atom. The van der Waals surface area contributed by atoms with Gasteiger partial charge in [-0.1, -0.05) is 11.6 Å². The van der Waals surface area contributed by atoms with Crippen molar-refractivity contribution in [3.8, 4) is 0 Å². The van der Waals surface area contributed by atoms with Crippen LogP contribution in [-0.4, -0.2) is 10.9 Å². The molecule has 0 aliphatic rings. The van der Waals surface area contributed by atoms with Gasteiger partial charge in [-0.15, -0.1) is 0 Å². The van der Waals surface area contributed by atoms with Crippen molar-refractivity contribution in [3.63, 3.8) is 0 Å². The third-order valence-corrected chi connectivity index (χ3v) is 3.55. The molecule has 0 aliphatic carbocycles. The number of rotatable bonds is 2. The van der Waals surface area contributed by atoms with Crippen molar-refractivity contribution >= 4 is 39.1 Å². The summed E-state index contributed by atoms with van der Waals surface area (Å²) in [6, 6.07) is 7.03. The molecule has 2 aromatic rings. The second-order valence-electron chi connectivity index (χ2n) is 3.83. The average molecular weight is 326 g/mol. The molecule has 3 nitrogen and oxygen atoms in total. The fourth-order valence-electron chi connectivity index (χ4n) is 1.46. The number of carbonyl (C=O) groups excluding carboxylic acids is 1. The maximum absolute atomic E-state index is 12.0. The molecule has 0 radical (unpaired) electrons. The maximum Gasteiger partial charge on any atom is 0.257 e. The number of anilines is 1. The largest absolute Gasteiger partial charge is 0.322 e. The number of nitrogens with zero attached hydrogens (tertiary/aromatic N) is 1. The lowest BCUT2D eigenvalue weighted by atomic mass is 10.2. The first-order valence-corrected chi connectivity index (χ1v) is 6.41. The molecule has 92 valence electrons. The van der Waals surface area contributed by atoms with Gasteiger partial charge in [0.1, 0.15) is 0 Å². The first-order chi connectivity index (χ1) is 8.56. The lowest BCUT2D eigenvalue weighted by Crippen LogP contribution is -2.12. The number of aromatic nitrogens is 1. The second kappa shape index (κ2) is 5.50. The number of amides is 1. The fraction of sp³-hybridized carbons (Fsp3) is 0.0769. The van der Waals surface area contributed by atoms with Gasteiger partial charge in [0.05, 0.1) is 10.6 Å². The van der Waals surface area contributed by atoms with Gasteiger partial charge in [-0.2, -0.15) is 0 Å². The van der Waals surface area contributed by atoms with Gasteiger partial charge in [-0.25, -0.2) is 0 Å². The molecule has 0 saturated carbocycles. The summed E-state index contributed by atoms with van der Waals surface area (Å²) in [4.78, 5) is 15.9. The Bertz CT molecular complexity index is 601. The topological polar surface area (TPSA) is 42.0 Å². The number of nitrogens with one attached hydrogen (secondary N) is 1. The van der Waals surface area contributed by atoms with Crippen LogP contribution in [0, 0.1) is 6.92 Å². The van der Waals surface area contributed by atoms with Gasteiger partial charge in [-0.05, 0) is 52.7 Å². The number of carbonyl (C=O) groups is 1. The summed E-state index contributed by atoms with van der Waals surface area (Å²) < 4.78 is 0.791. The van der Waals surface area contributed by atoms with E-state index < -0.39 is 0 Å². The van der Waals surface area contributed by atoms with Crippen LogP contribution in [0.1, 0.15) is 15.9 Å². The van der Waals surface area contributed by atoms with E-state index in [0.717, 1.165) is 10.0 Å². The molecule has 5 heteroatoms. The molecular formula is C13H10BrClN2O. The van der Waals surface area contributed by atoms with Gasteiger partial charge >= 0.3 is 0 Å². The number of aryl methyl sites for hydroxylation is 1. The Labute approximate surface area is 118 Å². The number of halogens is 2. The van der Waals surface area contributed by atoms with E-state index in [2.05, 4.69) is 26.2 Å². The Balaban J connectivity index is 2.18. The van der Waals surface area contributed by atoms with Gasteiger partial charge in [0.25, 0.3) is 5.91 Å². The molecule has 0 bridgehead atoms. The van der Waals surface area contributed by atoms with E-state index in [-0.39, 0.29) is 5.91 Å². The van der Waals surface area contributed by atoms with Gasteiger partial charge < -0.3 is 5.32 Å². The van der Waals surface area contributed by atoms with Crippen molar-refractivity contribution in [2.24, 2.45) is 0 Å². The van der Waals surface area contributed by atoms with Crippen LogP contribution in [0.2, 0.25) is 5.02 Å². The predicted molar refractivity (Wildman–Crippen MR) is 76.1 cm³/mol. The van der Waals surface area contributed by atoms with E-state index in [1.165, 1.54) is 6.20 Å². The Morgan fingerprint density at radius 1 is 1.33 bits per heavy atom. The van der Waals surface area contributed by atoms with E-state index in [4.69, 9.17) is 11.6 Å². The van der Waals surface area contributed by atoms with Gasteiger partial charge in [0.2, 0.25) is 0 Å². The second-order valence-corrected chi connectivity index (χ2v) is 5.10. The molecule has 0 atom stereocenters. The van der Waals surface area contributed by atoms with Crippen LogP contribution < -0.4 is 5.32 Å². The summed E-state index contributed by atoms with van der Waals surface area (Å²) in [5, 5.41) is 3.32. The van der Waals surface area contributed by atoms with Crippen LogP contribution in [-0.2, 0) is 0 Å². The lowest BCUT2D eigenvalue weighted by molar-refractivity contribution is 0.102. The molecule has 0 fully saturated rings. The Kier molecular flexibility index (Phi) is 3.99. The standard InChI is InChI=1S/C13H10BrClN2O/c1-8-4-9(7-16-6-8)13(18)17-10-2-3-11(14)12(15)5-10/h2-7H,1H3,(H,17,18). The highest BCUT2D eigenvalue weighted by Gasteiger charge is 2.07. The van der Waals surface area contributed by atoms with Gasteiger partial charge in [-0.3, -0.25) is 9.78 Å². The monoisotopic (exact) mass is 324 g/mol. The molecule has 18 heavy (non-hydrogen) atoms. The van der Waals surface area contributed by atoms with Crippen molar-refractivity contribution < 1.29 is 4.79 Å². The minimum atomic E-state index is -0.204. The Hall–Kier alpha value is -1.39. The van der Waals surface area contributed by atoms with Crippen LogP contribution in [0.5, 0.6) is 0 Å². The molecule has 2 rings (SSSR count). The summed E-state index contributed by atoms with van der Waals surface area (Å²) in [6.45, 7) is 1.89. The zero-order valence-corrected chi connectivity index (χ0v) is 11.9. The van der Waals surface area contributed by atoms with E-state index in [9.17, 15) is 4.79 Å². The molecule has 1 aromatic carbocycles. The van der Waals surface area contributed by atoms with Crippen LogP contribution in [0.15, 0.2) is 41.1 Å². The van der Waals surface area contributed by atoms with E-state index >= 15 is 0 Å². The first kappa shape index (κ1) is 13.1. The van der Waals surface area contributed by atoms with Crippen molar-refractivity contribution in [3.05, 3.63) is 57.3 Å². The van der Waals surface area contributed by atoms with Gasteiger partial charge in [0.15, 0.2) is 0 Å². The summed E-state index contributed by atoms with van der Waals surface area (Å²) in [5.41, 5.74) is 2.11. The molecule has 0 spiro atoms. The van der Waals surface area contributed by atoms with Crippen LogP contribution >= 0.6 is 27.5 Å². The van der Waals surface area contributed by atoms with Gasteiger partial charge in [0, 0.05) is 22.6 Å². The van der Waals surface area contributed by atoms with E-state index in [1.54, 1.807) is 30.5 Å². The zero-order valence-electron chi connectivity index (χ0n) is 9.58. The molecule has 1 amide bonds. The van der Waals surface area contributed by atoms with E-state index in [0.29, 0.717) is 16.3 Å². The summed E-state index contributed by atoms with van der Waals surface area (Å²) in [7, 11) is 0. The quantitative estimate of drug-likeness (QED) is 0.905. The Morgan fingerprint density at radius 2 is 2.11 bits per heavy atom. The fourth-order valence-corrected chi connectivity index (χ4v) is 1.88. The van der Waals surface area contributed by atoms with Crippen molar-refractivity contribution in [1.82, 2.24) is 4.98 Å². The van der Waals surface area contributed by atoms with Crippen molar-refractivity contribution in [2.75, 3.05) is 5.32 Å². The molecule has 1 heterocycles. The molecule has 0 saturated heterocycles. The minimum absolute atomic E-state index is 0.204. The van der Waals surface area contributed by atoms with Crippen LogP contribution in [0.25, 0.3) is 0 Å². The summed E-state index contributed by atoms with van der Waals surface area (Å²) in [6.07, 6.45) is 3.23. The van der Waals surface area contributed by atoms with Crippen LogP contribution in [0.3, 0.4) is 0 Å². The van der Waals surface area contributed by atoms with Crippen LogP contribution in [0.4, 0.5) is 5.69 Å². The number of pyridine rings is 1. The highest BCUT2D eigenvalue weighted by molar-refractivity contribution is 9.10. The summed E-state index contributed by atoms with van der Waals surface area (Å²) in [5.74, 6) is -0.204. The zero-order chi connectivity index (χ0) is 13.1. The number of hydrogen-bond acceptors (Lipinski definition) is 2. The molecule has 1 aromatic heterocycles. The number of hydrogen-bond donors (Lipinski definition) is 1. The predicted octanol–water partition coefficient (Wildman–Crippen LogP) is 4.06.